The van der Waals surface area contributed by atoms with Crippen molar-refractivity contribution in [2.75, 3.05) is 29.9 Å². The summed E-state index contributed by atoms with van der Waals surface area (Å²) < 4.78 is 33.7. The Bertz CT molecular complexity index is 2110. The maximum atomic E-state index is 14.6. The average Bonchev–Trinajstić information content (AvgIpc) is 4.00. The molecule has 4 aliphatic heterocycles. The van der Waals surface area contributed by atoms with E-state index in [1.54, 1.807) is 17.0 Å². The van der Waals surface area contributed by atoms with Crippen molar-refractivity contribution in [3.8, 4) is 0 Å². The molecule has 15 nitrogen and oxygen atoms in total. The van der Waals surface area contributed by atoms with Gasteiger partial charge < -0.3 is 25.2 Å². The minimum absolute atomic E-state index is 0.0858. The summed E-state index contributed by atoms with van der Waals surface area (Å²) in [5.74, 6) is -2.51. The van der Waals surface area contributed by atoms with Crippen LogP contribution in [0, 0.1) is 5.92 Å². The van der Waals surface area contributed by atoms with E-state index >= 15 is 0 Å². The van der Waals surface area contributed by atoms with Crippen molar-refractivity contribution in [1.29, 1.82) is 0 Å². The molecule has 2 saturated heterocycles. The number of hydrogen-bond donors (Lipinski definition) is 3. The van der Waals surface area contributed by atoms with Crippen molar-refractivity contribution in [2.45, 2.75) is 106 Å². The van der Waals surface area contributed by atoms with E-state index in [0.29, 0.717) is 50.2 Å². The molecule has 4 amide bonds. The SMILES string of the molecule is O=C1N[C@]2(C(=O)NS(=O)(=O)C3CC3)C[C@@H]2/C=C\CCCCC[C@H](Nc2c(N3CCC3)c(=O)c2=O)C(=O)N2C[C@H](OC(=O)N3Cc4cccc(Cl)c4C3)C[C@@H]12. The predicted octanol–water partition coefficient (Wildman–Crippen LogP) is 2.05. The number of halogens is 1. The van der Waals surface area contributed by atoms with Gasteiger partial charge in [0.15, 0.2) is 0 Å². The first-order chi connectivity index (χ1) is 25.9. The molecule has 5 atom stereocenters. The fourth-order valence-electron chi connectivity index (χ4n) is 8.10. The number of fused-ring (bicyclic) bond motifs is 3. The Morgan fingerprint density at radius 1 is 0.981 bits per heavy atom. The number of nitrogens with one attached hydrogen (secondary N) is 3. The molecule has 54 heavy (non-hydrogen) atoms. The quantitative estimate of drug-likeness (QED) is 0.275. The van der Waals surface area contributed by atoms with Crippen LogP contribution in [0.15, 0.2) is 39.9 Å². The lowest BCUT2D eigenvalue weighted by molar-refractivity contribution is -0.140. The molecule has 0 unspecified atom stereocenters. The van der Waals surface area contributed by atoms with Crippen LogP contribution >= 0.6 is 11.6 Å². The van der Waals surface area contributed by atoms with Gasteiger partial charge in [-0.25, -0.2) is 13.2 Å². The third-order valence-corrected chi connectivity index (χ3v) is 13.8. The number of sulfonamides is 1. The zero-order valence-electron chi connectivity index (χ0n) is 29.7. The highest BCUT2D eigenvalue weighted by molar-refractivity contribution is 7.91. The van der Waals surface area contributed by atoms with E-state index in [1.165, 1.54) is 9.80 Å². The Labute approximate surface area is 317 Å². The Hall–Kier alpha value is -4.44. The number of carbonyl (C=O) groups is 4. The molecule has 2 aromatic carbocycles. The van der Waals surface area contributed by atoms with Crippen LogP contribution in [0.25, 0.3) is 0 Å². The molecule has 288 valence electrons. The van der Waals surface area contributed by atoms with Gasteiger partial charge in [-0.2, -0.15) is 0 Å². The van der Waals surface area contributed by atoms with E-state index < -0.39 is 79.6 Å². The number of benzene rings is 1. The largest absolute Gasteiger partial charge is 0.444 e. The molecular formula is C37H43ClN6O9S. The van der Waals surface area contributed by atoms with Crippen LogP contribution in [0.4, 0.5) is 16.2 Å². The van der Waals surface area contributed by atoms with Crippen LogP contribution in [0.3, 0.4) is 0 Å². The summed E-state index contributed by atoms with van der Waals surface area (Å²) in [5, 5.41) is 5.78. The smallest absolute Gasteiger partial charge is 0.410 e. The van der Waals surface area contributed by atoms with E-state index in [4.69, 9.17) is 16.3 Å². The molecule has 0 bridgehead atoms. The van der Waals surface area contributed by atoms with E-state index in [1.807, 2.05) is 18.2 Å². The Balaban J connectivity index is 1.07. The summed E-state index contributed by atoms with van der Waals surface area (Å²) in [6.07, 6.45) is 7.14. The second-order valence-corrected chi connectivity index (χ2v) is 17.8. The van der Waals surface area contributed by atoms with Crippen LogP contribution in [-0.2, 0) is 42.2 Å². The molecule has 17 heteroatoms. The molecule has 0 radical (unpaired) electrons. The maximum absolute atomic E-state index is 14.6. The Morgan fingerprint density at radius 3 is 2.50 bits per heavy atom. The number of ether oxygens (including phenoxy) is 1. The number of hydrogen-bond acceptors (Lipinski definition) is 11. The van der Waals surface area contributed by atoms with Gasteiger partial charge in [-0.15, -0.1) is 0 Å². The zero-order valence-corrected chi connectivity index (χ0v) is 31.3. The minimum Gasteiger partial charge on any atom is -0.444 e. The van der Waals surface area contributed by atoms with Gasteiger partial charge in [0.2, 0.25) is 21.8 Å². The van der Waals surface area contributed by atoms with Crippen molar-refractivity contribution in [3.63, 3.8) is 0 Å². The highest BCUT2D eigenvalue weighted by Crippen LogP contribution is 2.46. The first kappa shape index (κ1) is 36.5. The highest BCUT2D eigenvalue weighted by Gasteiger charge is 2.62. The predicted molar refractivity (Wildman–Crippen MR) is 198 cm³/mol. The van der Waals surface area contributed by atoms with Crippen LogP contribution in [0.2, 0.25) is 5.02 Å². The lowest BCUT2D eigenvalue weighted by atomic mass is 10.0. The third kappa shape index (κ3) is 6.75. The van der Waals surface area contributed by atoms with Crippen LogP contribution in [-0.4, -0.2) is 90.6 Å². The molecule has 3 N–H and O–H groups in total. The lowest BCUT2D eigenvalue weighted by Gasteiger charge is -2.36. The molecule has 2 aromatic rings. The standard InChI is InChI=1S/C37H43ClN6O9S/c38-26-10-6-8-21-18-43(20-25(21)26)36(50)53-23-16-28-33(47)40-37(35(49)41-54(51,52)24-12-13-24)17-22(37)9-4-2-1-3-5-11-27(34(48)44(28)19-23)39-29-30(32(46)31(29)45)42-14-7-15-42/h4,6,8-10,22-24,27-28,39H,1-3,5,7,11-20H2,(H,40,47)(H,41,49)/b9-4-/t22-,23+,27-,28-,37+/m0/s1. The van der Waals surface area contributed by atoms with E-state index in [-0.39, 0.29) is 43.9 Å². The van der Waals surface area contributed by atoms with E-state index in [0.717, 1.165) is 30.4 Å². The van der Waals surface area contributed by atoms with Crippen molar-refractivity contribution < 1.29 is 32.3 Å². The molecular weight excluding hydrogens is 740 g/mol. The molecule has 2 saturated carbocycles. The molecule has 0 aromatic heterocycles. The molecule has 4 heterocycles. The second kappa shape index (κ2) is 14.0. The van der Waals surface area contributed by atoms with Crippen molar-refractivity contribution in [1.82, 2.24) is 19.8 Å². The number of nitrogens with zero attached hydrogens (tertiary/aromatic N) is 3. The van der Waals surface area contributed by atoms with E-state index in [9.17, 15) is 37.2 Å². The molecule has 2 aliphatic carbocycles. The number of amides is 4. The van der Waals surface area contributed by atoms with Gasteiger partial charge >= 0.3 is 6.09 Å². The van der Waals surface area contributed by atoms with Gasteiger partial charge in [0, 0.05) is 37.0 Å². The number of allylic oxidation sites excluding steroid dienone is 1. The minimum atomic E-state index is -3.92. The summed E-state index contributed by atoms with van der Waals surface area (Å²) in [7, 11) is -3.92. The number of carbonyl (C=O) groups excluding carboxylic acids is 4. The highest BCUT2D eigenvalue weighted by atomic mass is 35.5. The second-order valence-electron chi connectivity index (χ2n) is 15.4. The van der Waals surface area contributed by atoms with Gasteiger partial charge in [0.05, 0.1) is 18.3 Å². The van der Waals surface area contributed by atoms with E-state index in [2.05, 4.69) is 15.4 Å². The van der Waals surface area contributed by atoms with Gasteiger partial charge in [-0.1, -0.05) is 48.7 Å². The maximum Gasteiger partial charge on any atom is 0.410 e. The third-order valence-electron chi connectivity index (χ3n) is 11.7. The summed E-state index contributed by atoms with van der Waals surface area (Å²) in [5.41, 5.74) is -0.795. The van der Waals surface area contributed by atoms with Crippen molar-refractivity contribution in [2.24, 2.45) is 5.92 Å². The van der Waals surface area contributed by atoms with Crippen LogP contribution in [0.5, 0.6) is 0 Å². The van der Waals surface area contributed by atoms with Crippen molar-refractivity contribution in [3.05, 3.63) is 66.9 Å². The molecule has 0 spiro atoms. The van der Waals surface area contributed by atoms with Crippen LogP contribution in [0.1, 0.15) is 75.3 Å². The van der Waals surface area contributed by atoms with Crippen LogP contribution < -0.4 is 31.1 Å². The topological polar surface area (TPSA) is 192 Å². The lowest BCUT2D eigenvalue weighted by Crippen LogP contribution is -2.58. The fourth-order valence-corrected chi connectivity index (χ4v) is 9.72. The zero-order chi connectivity index (χ0) is 37.9. The summed E-state index contributed by atoms with van der Waals surface area (Å²) >= 11 is 6.37. The van der Waals surface area contributed by atoms with Gasteiger partial charge in [-0.3, -0.25) is 33.6 Å². The summed E-state index contributed by atoms with van der Waals surface area (Å²) in [4.78, 5) is 86.1. The number of rotatable bonds is 7. The van der Waals surface area contributed by atoms with Gasteiger partial charge in [0.25, 0.3) is 16.8 Å². The summed E-state index contributed by atoms with van der Waals surface area (Å²) in [6, 6.07) is 3.24. The number of anilines is 2. The summed E-state index contributed by atoms with van der Waals surface area (Å²) in [6.45, 7) is 1.61. The van der Waals surface area contributed by atoms with Gasteiger partial charge in [0.1, 0.15) is 35.1 Å². The molecule has 4 fully saturated rings. The Morgan fingerprint density at radius 2 is 1.78 bits per heavy atom. The van der Waals surface area contributed by atoms with Crippen molar-refractivity contribution >= 4 is 56.8 Å². The average molecular weight is 783 g/mol. The Kier molecular flexibility index (Phi) is 9.47. The first-order valence-corrected chi connectivity index (χ1v) is 20.7. The fraction of sp³-hybridized carbons (Fsp3) is 0.568. The van der Waals surface area contributed by atoms with Gasteiger partial charge in [-0.05, 0) is 62.1 Å². The molecule has 8 rings (SSSR count). The first-order valence-electron chi connectivity index (χ1n) is 18.8. The monoisotopic (exact) mass is 782 g/mol. The normalized spacial score (nSPS) is 29.2. The molecule has 6 aliphatic rings.